The molecule has 0 spiro atoms. The summed E-state index contributed by atoms with van der Waals surface area (Å²) in [6.45, 7) is 3.21. The van der Waals surface area contributed by atoms with Crippen LogP contribution in [0.3, 0.4) is 0 Å². The Hall–Kier alpha value is -2.38. The third-order valence-corrected chi connectivity index (χ3v) is 4.69. The zero-order valence-electron chi connectivity index (χ0n) is 13.4. The molecular weight excluding hydrogens is 330 g/mol. The molecule has 0 aromatic heterocycles. The van der Waals surface area contributed by atoms with Crippen LogP contribution in [0.25, 0.3) is 0 Å². The topological polar surface area (TPSA) is 107 Å². The average Bonchev–Trinajstić information content (AvgIpc) is 2.49. The predicted molar refractivity (Wildman–Crippen MR) is 88.9 cm³/mol. The van der Waals surface area contributed by atoms with E-state index in [4.69, 9.17) is 5.73 Å². The van der Waals surface area contributed by atoms with Gasteiger partial charge in [0.05, 0.1) is 0 Å². The van der Waals surface area contributed by atoms with Gasteiger partial charge in [-0.15, -0.1) is 0 Å². The van der Waals surface area contributed by atoms with Gasteiger partial charge in [0.15, 0.2) is 0 Å². The molecule has 0 radical (unpaired) electrons. The van der Waals surface area contributed by atoms with Crippen LogP contribution >= 0.6 is 0 Å². The molecule has 24 heavy (non-hydrogen) atoms. The van der Waals surface area contributed by atoms with E-state index in [-0.39, 0.29) is 17.1 Å². The summed E-state index contributed by atoms with van der Waals surface area (Å²) in [6, 6.07) is 12.1. The summed E-state index contributed by atoms with van der Waals surface area (Å²) < 4.78 is 29.0. The maximum atomic E-state index is 12.2. The Morgan fingerprint density at radius 3 is 2.21 bits per heavy atom. The minimum atomic E-state index is -4.23. The van der Waals surface area contributed by atoms with Gasteiger partial charge in [-0.05, 0) is 43.7 Å². The lowest BCUT2D eigenvalue weighted by Crippen LogP contribution is -2.48. The number of hydrogen-bond donors (Lipinski definition) is 2. The highest BCUT2D eigenvalue weighted by atomic mass is 32.2. The van der Waals surface area contributed by atoms with Crippen molar-refractivity contribution in [3.63, 3.8) is 0 Å². The van der Waals surface area contributed by atoms with Crippen LogP contribution in [-0.4, -0.2) is 25.0 Å². The van der Waals surface area contributed by atoms with Crippen molar-refractivity contribution >= 4 is 16.1 Å². The van der Waals surface area contributed by atoms with E-state index in [2.05, 4.69) is 4.18 Å². The van der Waals surface area contributed by atoms with Gasteiger partial charge in [0.2, 0.25) is 0 Å². The molecule has 0 saturated carbocycles. The second-order valence-electron chi connectivity index (χ2n) is 5.90. The quantitative estimate of drug-likeness (QED) is 0.798. The minimum absolute atomic E-state index is 0.0650. The Bertz CT molecular complexity index is 824. The van der Waals surface area contributed by atoms with E-state index in [0.717, 1.165) is 5.56 Å². The van der Waals surface area contributed by atoms with Crippen LogP contribution in [0.15, 0.2) is 53.4 Å². The predicted octanol–water partition coefficient (Wildman–Crippen LogP) is 1.89. The van der Waals surface area contributed by atoms with Gasteiger partial charge >= 0.3 is 16.1 Å². The molecule has 1 atom stereocenters. The van der Waals surface area contributed by atoms with Crippen LogP contribution in [0.5, 0.6) is 5.75 Å². The van der Waals surface area contributed by atoms with E-state index in [1.165, 1.54) is 31.2 Å². The summed E-state index contributed by atoms with van der Waals surface area (Å²) in [7, 11) is -4.23. The van der Waals surface area contributed by atoms with Gasteiger partial charge in [-0.2, -0.15) is 8.42 Å². The number of phenols is 1. The van der Waals surface area contributed by atoms with E-state index < -0.39 is 21.6 Å². The molecular formula is C17H19NO5S. The number of hydrogen-bond acceptors (Lipinski definition) is 6. The van der Waals surface area contributed by atoms with Crippen molar-refractivity contribution in [3.05, 3.63) is 59.7 Å². The van der Waals surface area contributed by atoms with E-state index in [9.17, 15) is 18.3 Å². The smallest absolute Gasteiger partial charge is 0.342 e. The molecule has 0 aliphatic carbocycles. The SMILES string of the molecule is Cc1ccc(S(=O)(=O)OC(=O)[C@@](C)(N)Cc2ccc(O)cc2)cc1. The number of rotatable bonds is 5. The van der Waals surface area contributed by atoms with Crippen molar-refractivity contribution in [2.45, 2.75) is 30.7 Å². The fourth-order valence-corrected chi connectivity index (χ4v) is 3.01. The van der Waals surface area contributed by atoms with Gasteiger partial charge in [0.1, 0.15) is 16.2 Å². The first-order chi connectivity index (χ1) is 11.1. The Morgan fingerprint density at radius 2 is 1.67 bits per heavy atom. The molecule has 0 bridgehead atoms. The molecule has 7 heteroatoms. The van der Waals surface area contributed by atoms with Gasteiger partial charge < -0.3 is 15.0 Å². The van der Waals surface area contributed by atoms with Crippen LogP contribution in [0.1, 0.15) is 18.1 Å². The van der Waals surface area contributed by atoms with Crippen molar-refractivity contribution < 1.29 is 22.5 Å². The molecule has 0 saturated heterocycles. The monoisotopic (exact) mass is 349 g/mol. The van der Waals surface area contributed by atoms with Crippen molar-refractivity contribution in [1.29, 1.82) is 0 Å². The highest BCUT2D eigenvalue weighted by Gasteiger charge is 2.34. The summed E-state index contributed by atoms with van der Waals surface area (Å²) in [5.74, 6) is -0.960. The van der Waals surface area contributed by atoms with Crippen molar-refractivity contribution in [2.75, 3.05) is 0 Å². The first kappa shape index (κ1) is 18.0. The van der Waals surface area contributed by atoms with E-state index in [0.29, 0.717) is 5.56 Å². The van der Waals surface area contributed by atoms with Gasteiger partial charge in [-0.25, -0.2) is 4.79 Å². The van der Waals surface area contributed by atoms with Crippen LogP contribution < -0.4 is 5.73 Å². The normalized spacial score (nSPS) is 14.0. The number of carbonyl (C=O) groups excluding carboxylic acids is 1. The van der Waals surface area contributed by atoms with E-state index in [1.54, 1.807) is 24.3 Å². The number of carbonyl (C=O) groups is 1. The largest absolute Gasteiger partial charge is 0.508 e. The molecule has 0 fully saturated rings. The van der Waals surface area contributed by atoms with Crippen LogP contribution in [0, 0.1) is 6.92 Å². The molecule has 0 heterocycles. The Balaban J connectivity index is 2.14. The van der Waals surface area contributed by atoms with E-state index >= 15 is 0 Å². The zero-order valence-corrected chi connectivity index (χ0v) is 14.2. The van der Waals surface area contributed by atoms with Gasteiger partial charge in [-0.3, -0.25) is 0 Å². The molecule has 0 aliphatic rings. The second-order valence-corrected chi connectivity index (χ2v) is 7.44. The lowest BCUT2D eigenvalue weighted by molar-refractivity contribution is -0.139. The lowest BCUT2D eigenvalue weighted by atomic mass is 9.94. The summed E-state index contributed by atoms with van der Waals surface area (Å²) in [5.41, 5.74) is 5.96. The molecule has 0 amide bonds. The molecule has 2 aromatic carbocycles. The Kier molecular flexibility index (Phi) is 4.96. The number of aromatic hydroxyl groups is 1. The van der Waals surface area contributed by atoms with Crippen molar-refractivity contribution in [1.82, 2.24) is 0 Å². The van der Waals surface area contributed by atoms with Gasteiger partial charge in [0, 0.05) is 6.42 Å². The summed E-state index contributed by atoms with van der Waals surface area (Å²) >= 11 is 0. The molecule has 0 aliphatic heterocycles. The van der Waals surface area contributed by atoms with Crippen LogP contribution in [0.4, 0.5) is 0 Å². The Labute approximate surface area is 141 Å². The molecule has 0 unspecified atom stereocenters. The number of nitrogens with two attached hydrogens (primary N) is 1. The van der Waals surface area contributed by atoms with Crippen LogP contribution in [-0.2, 0) is 25.5 Å². The van der Waals surface area contributed by atoms with Crippen molar-refractivity contribution in [3.8, 4) is 5.75 Å². The highest BCUT2D eigenvalue weighted by Crippen LogP contribution is 2.19. The average molecular weight is 349 g/mol. The first-order valence-corrected chi connectivity index (χ1v) is 8.63. The third kappa shape index (κ3) is 4.33. The van der Waals surface area contributed by atoms with Gasteiger partial charge in [0.25, 0.3) is 0 Å². The fourth-order valence-electron chi connectivity index (χ4n) is 2.06. The first-order valence-electron chi connectivity index (χ1n) is 7.22. The zero-order chi connectivity index (χ0) is 18.0. The molecule has 128 valence electrons. The minimum Gasteiger partial charge on any atom is -0.508 e. The summed E-state index contributed by atoms with van der Waals surface area (Å²) in [5, 5.41) is 9.26. The van der Waals surface area contributed by atoms with Gasteiger partial charge in [-0.1, -0.05) is 29.8 Å². The Morgan fingerprint density at radius 1 is 1.12 bits per heavy atom. The second kappa shape index (κ2) is 6.62. The standard InChI is InChI=1S/C17H19NO5S/c1-12-3-9-15(10-4-12)24(21,22)23-16(20)17(2,18)11-13-5-7-14(19)8-6-13/h3-10,19H,11,18H2,1-2H3/t17-/m0/s1. The van der Waals surface area contributed by atoms with E-state index in [1.807, 2.05) is 6.92 Å². The number of phenolic OH excluding ortho intramolecular Hbond substituents is 1. The molecule has 2 aromatic rings. The number of aryl methyl sites for hydroxylation is 1. The maximum Gasteiger partial charge on any atom is 0.342 e. The van der Waals surface area contributed by atoms with Crippen molar-refractivity contribution in [2.24, 2.45) is 5.73 Å². The molecule has 2 rings (SSSR count). The fraction of sp³-hybridized carbons (Fsp3) is 0.235. The number of benzene rings is 2. The summed E-state index contributed by atoms with van der Waals surface area (Å²) in [4.78, 5) is 12.1. The summed E-state index contributed by atoms with van der Waals surface area (Å²) in [6.07, 6.45) is 0.0650. The third-order valence-electron chi connectivity index (χ3n) is 3.47. The highest BCUT2D eigenvalue weighted by molar-refractivity contribution is 7.87. The lowest BCUT2D eigenvalue weighted by Gasteiger charge is -2.22. The van der Waals surface area contributed by atoms with Crippen LogP contribution in [0.2, 0.25) is 0 Å². The maximum absolute atomic E-state index is 12.2. The molecule has 3 N–H and O–H groups in total. The molecule has 6 nitrogen and oxygen atoms in total.